The molecule has 0 saturated heterocycles. The monoisotopic (exact) mass is 253 g/mol. The number of hydrogen-bond acceptors (Lipinski definition) is 3. The number of thioether (sulfide) groups is 1. The Balaban J connectivity index is 2.34. The molecule has 1 aromatic rings. The van der Waals surface area contributed by atoms with Crippen molar-refractivity contribution in [2.24, 2.45) is 0 Å². The number of aliphatic hydroxyl groups is 1. The van der Waals surface area contributed by atoms with Crippen LogP contribution in [0.5, 0.6) is 0 Å². The highest BCUT2D eigenvalue weighted by Gasteiger charge is 2.08. The summed E-state index contributed by atoms with van der Waals surface area (Å²) >= 11 is 1.86. The number of aliphatic hydroxyl groups excluding tert-OH is 1. The minimum Gasteiger partial charge on any atom is -0.388 e. The van der Waals surface area contributed by atoms with Crippen LogP contribution in [0.2, 0.25) is 0 Å². The molecule has 0 aliphatic heterocycles. The molecular formula is C14H23NOS. The van der Waals surface area contributed by atoms with Crippen LogP contribution in [-0.2, 0) is 0 Å². The van der Waals surface area contributed by atoms with Crippen molar-refractivity contribution in [3.05, 3.63) is 35.4 Å². The molecule has 0 fully saturated rings. The molecule has 1 unspecified atom stereocenters. The average molecular weight is 253 g/mol. The smallest absolute Gasteiger partial charge is 0.0802 e. The molecule has 0 spiro atoms. The van der Waals surface area contributed by atoms with E-state index < -0.39 is 0 Å². The van der Waals surface area contributed by atoms with Gasteiger partial charge >= 0.3 is 0 Å². The first-order chi connectivity index (χ1) is 8.13. The third-order valence-electron chi connectivity index (χ3n) is 2.92. The summed E-state index contributed by atoms with van der Waals surface area (Å²) in [5.74, 6) is 1.15. The fraction of sp³-hybridized carbons (Fsp3) is 0.571. The summed E-state index contributed by atoms with van der Waals surface area (Å²) in [6, 6.07) is 8.13. The molecule has 2 nitrogen and oxygen atoms in total. The molecular weight excluding hydrogens is 230 g/mol. The van der Waals surface area contributed by atoms with E-state index in [0.717, 1.165) is 30.8 Å². The van der Waals surface area contributed by atoms with Gasteiger partial charge in [0.1, 0.15) is 0 Å². The van der Waals surface area contributed by atoms with Crippen molar-refractivity contribution in [2.75, 3.05) is 32.1 Å². The fourth-order valence-electron chi connectivity index (χ4n) is 1.66. The van der Waals surface area contributed by atoms with Gasteiger partial charge in [-0.1, -0.05) is 29.8 Å². The molecule has 0 saturated carbocycles. The molecule has 0 heterocycles. The van der Waals surface area contributed by atoms with Gasteiger partial charge in [0.05, 0.1) is 6.10 Å². The SMILES string of the molecule is CSCCN(C)CCC(O)c1ccc(C)cc1. The first kappa shape index (κ1) is 14.6. The normalized spacial score (nSPS) is 13.0. The van der Waals surface area contributed by atoms with Gasteiger partial charge in [0, 0.05) is 18.8 Å². The van der Waals surface area contributed by atoms with Crippen LogP contribution in [0.25, 0.3) is 0 Å². The molecule has 0 aliphatic rings. The number of hydrogen-bond donors (Lipinski definition) is 1. The first-order valence-electron chi connectivity index (χ1n) is 6.05. The minimum atomic E-state index is -0.340. The number of benzene rings is 1. The van der Waals surface area contributed by atoms with E-state index in [-0.39, 0.29) is 6.10 Å². The lowest BCUT2D eigenvalue weighted by atomic mass is 10.0. The fourth-order valence-corrected chi connectivity index (χ4v) is 2.15. The summed E-state index contributed by atoms with van der Waals surface area (Å²) in [6.07, 6.45) is 2.58. The highest BCUT2D eigenvalue weighted by atomic mass is 32.2. The minimum absolute atomic E-state index is 0.340. The van der Waals surface area contributed by atoms with Crippen LogP contribution in [0.4, 0.5) is 0 Å². The summed E-state index contributed by atoms with van der Waals surface area (Å²) < 4.78 is 0. The van der Waals surface area contributed by atoms with Crippen LogP contribution >= 0.6 is 11.8 Å². The van der Waals surface area contributed by atoms with E-state index >= 15 is 0 Å². The van der Waals surface area contributed by atoms with Gasteiger partial charge in [0.2, 0.25) is 0 Å². The summed E-state index contributed by atoms with van der Waals surface area (Å²) in [4.78, 5) is 2.27. The van der Waals surface area contributed by atoms with Crippen molar-refractivity contribution in [3.8, 4) is 0 Å². The molecule has 0 bridgehead atoms. The Morgan fingerprint density at radius 3 is 2.47 bits per heavy atom. The molecule has 1 rings (SSSR count). The van der Waals surface area contributed by atoms with Gasteiger partial charge in [-0.2, -0.15) is 11.8 Å². The third kappa shape index (κ3) is 5.57. The van der Waals surface area contributed by atoms with E-state index in [2.05, 4.69) is 37.3 Å². The second-order valence-electron chi connectivity index (χ2n) is 4.51. The van der Waals surface area contributed by atoms with E-state index in [0.29, 0.717) is 0 Å². The van der Waals surface area contributed by atoms with Gasteiger partial charge in [0.15, 0.2) is 0 Å². The quantitative estimate of drug-likeness (QED) is 0.808. The maximum Gasteiger partial charge on any atom is 0.0802 e. The largest absolute Gasteiger partial charge is 0.388 e. The zero-order valence-corrected chi connectivity index (χ0v) is 11.8. The topological polar surface area (TPSA) is 23.5 Å². The van der Waals surface area contributed by atoms with Crippen molar-refractivity contribution < 1.29 is 5.11 Å². The highest BCUT2D eigenvalue weighted by molar-refractivity contribution is 7.98. The predicted molar refractivity (Wildman–Crippen MR) is 76.6 cm³/mol. The Labute approximate surface area is 109 Å². The van der Waals surface area contributed by atoms with Crippen LogP contribution in [0.1, 0.15) is 23.7 Å². The molecule has 0 aliphatic carbocycles. The van der Waals surface area contributed by atoms with E-state index in [4.69, 9.17) is 0 Å². The van der Waals surface area contributed by atoms with E-state index in [1.165, 1.54) is 5.56 Å². The summed E-state index contributed by atoms with van der Waals surface area (Å²) in [6.45, 7) is 4.09. The number of nitrogens with zero attached hydrogens (tertiary/aromatic N) is 1. The molecule has 17 heavy (non-hydrogen) atoms. The maximum absolute atomic E-state index is 10.1. The van der Waals surface area contributed by atoms with Crippen molar-refractivity contribution in [1.82, 2.24) is 4.90 Å². The molecule has 3 heteroatoms. The zero-order valence-electron chi connectivity index (χ0n) is 11.0. The van der Waals surface area contributed by atoms with E-state index in [9.17, 15) is 5.11 Å². The Bertz CT molecular complexity index is 313. The standard InChI is InChI=1S/C14H23NOS/c1-12-4-6-13(7-5-12)14(16)8-9-15(2)10-11-17-3/h4-7,14,16H,8-11H2,1-3H3. The van der Waals surface area contributed by atoms with E-state index in [1.54, 1.807) is 0 Å². The Kier molecular flexibility index (Phi) is 6.63. The van der Waals surface area contributed by atoms with Gasteiger partial charge in [0.25, 0.3) is 0 Å². The van der Waals surface area contributed by atoms with Gasteiger partial charge < -0.3 is 10.0 Å². The van der Waals surface area contributed by atoms with Gasteiger partial charge in [-0.3, -0.25) is 0 Å². The van der Waals surface area contributed by atoms with Crippen molar-refractivity contribution in [1.29, 1.82) is 0 Å². The molecule has 0 aromatic heterocycles. The second-order valence-corrected chi connectivity index (χ2v) is 5.50. The van der Waals surface area contributed by atoms with Crippen LogP contribution in [-0.4, -0.2) is 42.2 Å². The zero-order chi connectivity index (χ0) is 12.7. The molecule has 1 atom stereocenters. The van der Waals surface area contributed by atoms with Crippen molar-refractivity contribution in [3.63, 3.8) is 0 Å². The van der Waals surface area contributed by atoms with E-state index in [1.807, 2.05) is 23.9 Å². The molecule has 96 valence electrons. The summed E-state index contributed by atoms with van der Waals surface area (Å²) in [5, 5.41) is 10.1. The van der Waals surface area contributed by atoms with Gasteiger partial charge in [-0.25, -0.2) is 0 Å². The summed E-state index contributed by atoms with van der Waals surface area (Å²) in [5.41, 5.74) is 2.26. The number of aryl methyl sites for hydroxylation is 1. The predicted octanol–water partition coefficient (Wildman–Crippen LogP) is 2.71. The Morgan fingerprint density at radius 2 is 1.88 bits per heavy atom. The molecule has 0 amide bonds. The van der Waals surface area contributed by atoms with Crippen LogP contribution in [0.3, 0.4) is 0 Å². The lowest BCUT2D eigenvalue weighted by Crippen LogP contribution is -2.23. The van der Waals surface area contributed by atoms with Crippen molar-refractivity contribution >= 4 is 11.8 Å². The van der Waals surface area contributed by atoms with Crippen LogP contribution < -0.4 is 0 Å². The average Bonchev–Trinajstić information content (AvgIpc) is 2.34. The van der Waals surface area contributed by atoms with Crippen molar-refractivity contribution in [2.45, 2.75) is 19.4 Å². The lowest BCUT2D eigenvalue weighted by molar-refractivity contribution is 0.150. The lowest BCUT2D eigenvalue weighted by Gasteiger charge is -2.18. The van der Waals surface area contributed by atoms with Crippen LogP contribution in [0, 0.1) is 6.92 Å². The highest BCUT2D eigenvalue weighted by Crippen LogP contribution is 2.17. The van der Waals surface area contributed by atoms with Crippen LogP contribution in [0.15, 0.2) is 24.3 Å². The maximum atomic E-state index is 10.1. The first-order valence-corrected chi connectivity index (χ1v) is 7.45. The Morgan fingerprint density at radius 1 is 1.24 bits per heavy atom. The third-order valence-corrected chi connectivity index (χ3v) is 3.51. The second kappa shape index (κ2) is 7.75. The molecule has 1 aromatic carbocycles. The Hall–Kier alpha value is -0.510. The van der Waals surface area contributed by atoms with Gasteiger partial charge in [-0.05, 0) is 32.2 Å². The number of rotatable bonds is 7. The summed E-state index contributed by atoms with van der Waals surface area (Å²) in [7, 11) is 2.11. The molecule has 1 N–H and O–H groups in total. The van der Waals surface area contributed by atoms with Gasteiger partial charge in [-0.15, -0.1) is 0 Å². The molecule has 0 radical (unpaired) electrons.